The number of hydrogen-bond acceptors (Lipinski definition) is 5. The van der Waals surface area contributed by atoms with Crippen molar-refractivity contribution in [3.63, 3.8) is 0 Å². The van der Waals surface area contributed by atoms with Crippen LogP contribution in [-0.4, -0.2) is 35.6 Å². The van der Waals surface area contributed by atoms with E-state index >= 15 is 0 Å². The Hall–Kier alpha value is -2.34. The molecule has 1 atom stereocenters. The minimum atomic E-state index is -0.861. The molecular formula is C18H24N2O4. The first-order valence-corrected chi connectivity index (χ1v) is 7.69. The summed E-state index contributed by atoms with van der Waals surface area (Å²) in [6.07, 6.45) is 0.860. The number of carbonyl (C=O) groups excluding carboxylic acids is 1. The molecule has 130 valence electrons. The van der Waals surface area contributed by atoms with E-state index in [0.717, 1.165) is 16.9 Å². The molecular weight excluding hydrogens is 308 g/mol. The standard InChI is InChI=1S/C18H24N2O4/c1-18(2,3)24-16(17(21)23-6)15-14(11-19-20(15)4)12-7-9-13(22-5)10-8-12/h7-11,16H,1-6H3. The Kier molecular flexibility index (Phi) is 5.29. The molecule has 6 nitrogen and oxygen atoms in total. The van der Waals surface area contributed by atoms with Crippen LogP contribution in [0.25, 0.3) is 11.1 Å². The van der Waals surface area contributed by atoms with E-state index in [4.69, 9.17) is 14.2 Å². The summed E-state index contributed by atoms with van der Waals surface area (Å²) in [6.45, 7) is 5.69. The van der Waals surface area contributed by atoms with Gasteiger partial charge in [0.05, 0.1) is 31.7 Å². The Morgan fingerprint density at radius 2 is 1.79 bits per heavy atom. The number of ether oxygens (including phenoxy) is 3. The molecule has 0 bridgehead atoms. The molecule has 0 aliphatic rings. The van der Waals surface area contributed by atoms with Crippen molar-refractivity contribution in [1.29, 1.82) is 0 Å². The van der Waals surface area contributed by atoms with E-state index in [1.807, 2.05) is 45.0 Å². The van der Waals surface area contributed by atoms with Crippen LogP contribution in [0.1, 0.15) is 32.6 Å². The Morgan fingerprint density at radius 3 is 2.29 bits per heavy atom. The van der Waals surface area contributed by atoms with Gasteiger partial charge in [-0.3, -0.25) is 4.68 Å². The van der Waals surface area contributed by atoms with Crippen LogP contribution in [0, 0.1) is 0 Å². The van der Waals surface area contributed by atoms with Gasteiger partial charge in [-0.15, -0.1) is 0 Å². The molecule has 0 N–H and O–H groups in total. The third-order valence-electron chi connectivity index (χ3n) is 3.52. The number of aromatic nitrogens is 2. The minimum Gasteiger partial charge on any atom is -0.497 e. The average Bonchev–Trinajstić information content (AvgIpc) is 2.92. The van der Waals surface area contributed by atoms with E-state index < -0.39 is 17.7 Å². The molecule has 1 aromatic carbocycles. The maximum Gasteiger partial charge on any atom is 0.341 e. The Bertz CT molecular complexity index is 699. The molecule has 1 unspecified atom stereocenters. The van der Waals surface area contributed by atoms with Crippen LogP contribution in [0.5, 0.6) is 5.75 Å². The van der Waals surface area contributed by atoms with E-state index in [0.29, 0.717) is 5.69 Å². The van der Waals surface area contributed by atoms with Gasteiger partial charge in [-0.1, -0.05) is 12.1 Å². The lowest BCUT2D eigenvalue weighted by atomic mass is 10.0. The first-order chi connectivity index (χ1) is 11.3. The maximum atomic E-state index is 12.3. The number of aryl methyl sites for hydroxylation is 1. The summed E-state index contributed by atoms with van der Waals surface area (Å²) in [5.41, 5.74) is 1.88. The van der Waals surface area contributed by atoms with Crippen LogP contribution in [0.4, 0.5) is 0 Å². The fraction of sp³-hybridized carbons (Fsp3) is 0.444. The van der Waals surface area contributed by atoms with Gasteiger partial charge >= 0.3 is 5.97 Å². The number of nitrogens with zero attached hydrogens (tertiary/aromatic N) is 2. The molecule has 0 aliphatic heterocycles. The van der Waals surface area contributed by atoms with Crippen molar-refractivity contribution < 1.29 is 19.0 Å². The summed E-state index contributed by atoms with van der Waals surface area (Å²) in [5, 5.41) is 4.30. The first-order valence-electron chi connectivity index (χ1n) is 7.69. The summed E-state index contributed by atoms with van der Waals surface area (Å²) >= 11 is 0. The zero-order valence-electron chi connectivity index (χ0n) is 15.0. The van der Waals surface area contributed by atoms with Crippen LogP contribution < -0.4 is 4.74 Å². The molecule has 0 saturated carbocycles. The number of hydrogen-bond donors (Lipinski definition) is 0. The highest BCUT2D eigenvalue weighted by Gasteiger charge is 2.32. The molecule has 0 amide bonds. The number of methoxy groups -OCH3 is 2. The Morgan fingerprint density at radius 1 is 1.17 bits per heavy atom. The molecule has 0 spiro atoms. The fourth-order valence-corrected chi connectivity index (χ4v) is 2.43. The smallest absolute Gasteiger partial charge is 0.341 e. The highest BCUT2D eigenvalue weighted by Crippen LogP contribution is 2.33. The molecule has 0 saturated heterocycles. The van der Waals surface area contributed by atoms with Gasteiger partial charge in [-0.25, -0.2) is 4.79 Å². The predicted molar refractivity (Wildman–Crippen MR) is 90.8 cm³/mol. The third-order valence-corrected chi connectivity index (χ3v) is 3.52. The maximum absolute atomic E-state index is 12.3. The van der Waals surface area contributed by atoms with Gasteiger partial charge in [0.15, 0.2) is 6.10 Å². The second-order valence-corrected chi connectivity index (χ2v) is 6.43. The minimum absolute atomic E-state index is 0.455. The summed E-state index contributed by atoms with van der Waals surface area (Å²) in [4.78, 5) is 12.3. The van der Waals surface area contributed by atoms with Crippen molar-refractivity contribution >= 4 is 5.97 Å². The van der Waals surface area contributed by atoms with Gasteiger partial charge in [0.1, 0.15) is 5.75 Å². The van der Waals surface area contributed by atoms with Crippen LogP contribution in [-0.2, 0) is 21.3 Å². The third kappa shape index (κ3) is 3.94. The Labute approximate surface area is 142 Å². The molecule has 24 heavy (non-hydrogen) atoms. The lowest BCUT2D eigenvalue weighted by Gasteiger charge is -2.26. The number of benzene rings is 1. The summed E-state index contributed by atoms with van der Waals surface area (Å²) < 4.78 is 17.7. The second-order valence-electron chi connectivity index (χ2n) is 6.43. The van der Waals surface area contributed by atoms with Gasteiger partial charge in [0, 0.05) is 12.6 Å². The molecule has 0 aliphatic carbocycles. The van der Waals surface area contributed by atoms with Gasteiger partial charge in [0.25, 0.3) is 0 Å². The molecule has 1 heterocycles. The SMILES string of the molecule is COC(=O)C(OC(C)(C)C)c1c(-c2ccc(OC)cc2)cnn1C. The summed E-state index contributed by atoms with van der Waals surface area (Å²) in [5.74, 6) is 0.308. The van der Waals surface area contributed by atoms with Gasteiger partial charge in [-0.2, -0.15) is 5.10 Å². The fourth-order valence-electron chi connectivity index (χ4n) is 2.43. The van der Waals surface area contributed by atoms with Crippen LogP contribution in [0.15, 0.2) is 30.5 Å². The molecule has 0 fully saturated rings. The monoisotopic (exact) mass is 332 g/mol. The highest BCUT2D eigenvalue weighted by molar-refractivity contribution is 5.80. The van der Waals surface area contributed by atoms with Gasteiger partial charge < -0.3 is 14.2 Å². The van der Waals surface area contributed by atoms with Gasteiger partial charge in [-0.05, 0) is 38.5 Å². The van der Waals surface area contributed by atoms with Crippen molar-refractivity contribution in [2.45, 2.75) is 32.5 Å². The van der Waals surface area contributed by atoms with Crippen molar-refractivity contribution in [3.8, 4) is 16.9 Å². The predicted octanol–water partition coefficient (Wildman–Crippen LogP) is 3.12. The van der Waals surface area contributed by atoms with Crippen LogP contribution in [0.3, 0.4) is 0 Å². The number of esters is 1. The van der Waals surface area contributed by atoms with E-state index in [2.05, 4.69) is 5.10 Å². The van der Waals surface area contributed by atoms with E-state index in [-0.39, 0.29) is 0 Å². The zero-order valence-corrected chi connectivity index (χ0v) is 15.0. The molecule has 6 heteroatoms. The second kappa shape index (κ2) is 7.05. The topological polar surface area (TPSA) is 62.6 Å². The molecule has 1 aromatic heterocycles. The van der Waals surface area contributed by atoms with E-state index in [1.165, 1.54) is 7.11 Å². The zero-order chi connectivity index (χ0) is 17.9. The molecule has 2 rings (SSSR count). The normalized spacial score (nSPS) is 12.8. The quantitative estimate of drug-likeness (QED) is 0.787. The lowest BCUT2D eigenvalue weighted by molar-refractivity contribution is -0.165. The van der Waals surface area contributed by atoms with Crippen molar-refractivity contribution in [2.24, 2.45) is 7.05 Å². The van der Waals surface area contributed by atoms with Crippen LogP contribution in [0.2, 0.25) is 0 Å². The van der Waals surface area contributed by atoms with Gasteiger partial charge in [0.2, 0.25) is 0 Å². The summed E-state index contributed by atoms with van der Waals surface area (Å²) in [6, 6.07) is 7.57. The molecule has 2 aromatic rings. The first kappa shape index (κ1) is 18.0. The lowest BCUT2D eigenvalue weighted by Crippen LogP contribution is -2.29. The Balaban J connectivity index is 2.50. The van der Waals surface area contributed by atoms with E-state index in [1.54, 1.807) is 25.0 Å². The summed E-state index contributed by atoms with van der Waals surface area (Å²) in [7, 11) is 4.75. The van der Waals surface area contributed by atoms with Crippen molar-refractivity contribution in [3.05, 3.63) is 36.2 Å². The van der Waals surface area contributed by atoms with Crippen molar-refractivity contribution in [2.75, 3.05) is 14.2 Å². The van der Waals surface area contributed by atoms with E-state index in [9.17, 15) is 4.79 Å². The number of rotatable bonds is 5. The highest BCUT2D eigenvalue weighted by atomic mass is 16.6. The van der Waals surface area contributed by atoms with Crippen LogP contribution >= 0.6 is 0 Å². The average molecular weight is 332 g/mol. The largest absolute Gasteiger partial charge is 0.497 e. The number of carbonyl (C=O) groups is 1. The molecule has 0 radical (unpaired) electrons. The van der Waals surface area contributed by atoms with Crippen molar-refractivity contribution in [1.82, 2.24) is 9.78 Å².